The summed E-state index contributed by atoms with van der Waals surface area (Å²) in [4.78, 5) is 12.0. The highest BCUT2D eigenvalue weighted by Crippen LogP contribution is 2.27. The minimum absolute atomic E-state index is 0.246. The molecule has 1 aromatic heterocycles. The van der Waals surface area contributed by atoms with Crippen molar-refractivity contribution in [2.24, 2.45) is 0 Å². The number of carbonyl (C=O) groups is 1. The van der Waals surface area contributed by atoms with E-state index in [1.54, 1.807) is 24.3 Å². The Bertz CT molecular complexity index is 618. The second kappa shape index (κ2) is 5.99. The van der Waals surface area contributed by atoms with Crippen molar-refractivity contribution in [2.45, 2.75) is 19.6 Å². The van der Waals surface area contributed by atoms with E-state index in [-0.39, 0.29) is 12.3 Å². The number of ether oxygens (including phenoxy) is 1. The standard InChI is InChI=1S/C14H13F3N2O2/c1-2-21-11-5-3-10(4-6-11)12(20)9-19-8-7-13(18-19)14(15,16)17/h3-8H,2,9H2,1H3. The first-order chi connectivity index (χ1) is 9.90. The van der Waals surface area contributed by atoms with E-state index in [9.17, 15) is 18.0 Å². The van der Waals surface area contributed by atoms with Crippen molar-refractivity contribution in [3.63, 3.8) is 0 Å². The van der Waals surface area contributed by atoms with Crippen molar-refractivity contribution in [1.82, 2.24) is 9.78 Å². The van der Waals surface area contributed by atoms with E-state index in [1.807, 2.05) is 6.92 Å². The molecule has 0 unspecified atom stereocenters. The lowest BCUT2D eigenvalue weighted by Gasteiger charge is -2.05. The van der Waals surface area contributed by atoms with Gasteiger partial charge in [0.1, 0.15) is 12.3 Å². The first kappa shape index (κ1) is 15.1. The highest BCUT2D eigenvalue weighted by Gasteiger charge is 2.33. The van der Waals surface area contributed by atoms with Gasteiger partial charge in [0.15, 0.2) is 11.5 Å². The van der Waals surface area contributed by atoms with Gasteiger partial charge in [0.25, 0.3) is 0 Å². The fraction of sp³-hybridized carbons (Fsp3) is 0.286. The van der Waals surface area contributed by atoms with Gasteiger partial charge in [-0.05, 0) is 37.3 Å². The van der Waals surface area contributed by atoms with Gasteiger partial charge in [-0.25, -0.2) is 0 Å². The number of benzene rings is 1. The molecule has 112 valence electrons. The number of rotatable bonds is 5. The van der Waals surface area contributed by atoms with Crippen LogP contribution in [0.25, 0.3) is 0 Å². The van der Waals surface area contributed by atoms with E-state index < -0.39 is 11.9 Å². The van der Waals surface area contributed by atoms with Crippen LogP contribution in [-0.2, 0) is 12.7 Å². The molecule has 0 aliphatic carbocycles. The molecule has 0 radical (unpaired) electrons. The quantitative estimate of drug-likeness (QED) is 0.796. The number of hydrogen-bond donors (Lipinski definition) is 0. The lowest BCUT2D eigenvalue weighted by atomic mass is 10.1. The van der Waals surface area contributed by atoms with Gasteiger partial charge >= 0.3 is 6.18 Å². The molecule has 0 bridgehead atoms. The fourth-order valence-corrected chi connectivity index (χ4v) is 1.74. The Balaban J connectivity index is 2.05. The summed E-state index contributed by atoms with van der Waals surface area (Å²) in [5.74, 6) is 0.308. The average molecular weight is 298 g/mol. The lowest BCUT2D eigenvalue weighted by Crippen LogP contribution is -2.13. The van der Waals surface area contributed by atoms with Gasteiger partial charge in [-0.15, -0.1) is 0 Å². The van der Waals surface area contributed by atoms with E-state index in [0.717, 1.165) is 16.9 Å². The fourth-order valence-electron chi connectivity index (χ4n) is 1.74. The number of alkyl halides is 3. The van der Waals surface area contributed by atoms with Crippen LogP contribution in [-0.4, -0.2) is 22.2 Å². The maximum atomic E-state index is 12.4. The molecule has 0 N–H and O–H groups in total. The normalized spacial score (nSPS) is 11.4. The third-order valence-electron chi connectivity index (χ3n) is 2.72. The van der Waals surface area contributed by atoms with Crippen LogP contribution in [0.2, 0.25) is 0 Å². The second-order valence-corrected chi connectivity index (χ2v) is 4.28. The van der Waals surface area contributed by atoms with Crippen molar-refractivity contribution in [3.8, 4) is 5.75 Å². The van der Waals surface area contributed by atoms with Crippen LogP contribution in [0.5, 0.6) is 5.75 Å². The van der Waals surface area contributed by atoms with Gasteiger partial charge in [-0.1, -0.05) is 0 Å². The molecule has 0 spiro atoms. The minimum Gasteiger partial charge on any atom is -0.494 e. The van der Waals surface area contributed by atoms with Crippen molar-refractivity contribution < 1.29 is 22.7 Å². The van der Waals surface area contributed by atoms with Crippen LogP contribution >= 0.6 is 0 Å². The molecule has 7 heteroatoms. The first-order valence-corrected chi connectivity index (χ1v) is 6.27. The molecule has 4 nitrogen and oxygen atoms in total. The Labute approximate surface area is 119 Å². The predicted octanol–water partition coefficient (Wildman–Crippen LogP) is 3.18. The topological polar surface area (TPSA) is 44.1 Å². The Kier molecular flexibility index (Phi) is 4.30. The van der Waals surface area contributed by atoms with Crippen molar-refractivity contribution in [2.75, 3.05) is 6.61 Å². The zero-order valence-electron chi connectivity index (χ0n) is 11.2. The smallest absolute Gasteiger partial charge is 0.435 e. The average Bonchev–Trinajstić information content (AvgIpc) is 2.88. The van der Waals surface area contributed by atoms with Gasteiger partial charge in [0.2, 0.25) is 0 Å². The van der Waals surface area contributed by atoms with Crippen LogP contribution in [0.1, 0.15) is 23.0 Å². The van der Waals surface area contributed by atoms with Gasteiger partial charge in [0, 0.05) is 11.8 Å². The molecule has 21 heavy (non-hydrogen) atoms. The summed E-state index contributed by atoms with van der Waals surface area (Å²) in [7, 11) is 0. The van der Waals surface area contributed by atoms with Crippen LogP contribution in [0.4, 0.5) is 13.2 Å². The molecular formula is C14H13F3N2O2. The Hall–Kier alpha value is -2.31. The maximum Gasteiger partial charge on any atom is 0.435 e. The zero-order chi connectivity index (χ0) is 15.5. The van der Waals surface area contributed by atoms with Crippen molar-refractivity contribution >= 4 is 5.78 Å². The van der Waals surface area contributed by atoms with E-state index in [0.29, 0.717) is 17.9 Å². The molecule has 0 amide bonds. The monoisotopic (exact) mass is 298 g/mol. The number of ketones is 1. The number of Topliss-reactive ketones (excluding diaryl/α,β-unsaturated/α-hetero) is 1. The van der Waals surface area contributed by atoms with Gasteiger partial charge in [-0.2, -0.15) is 18.3 Å². The van der Waals surface area contributed by atoms with Crippen LogP contribution in [0.3, 0.4) is 0 Å². The Morgan fingerprint density at radius 3 is 2.43 bits per heavy atom. The maximum absolute atomic E-state index is 12.4. The zero-order valence-corrected chi connectivity index (χ0v) is 11.2. The molecule has 0 aliphatic heterocycles. The highest BCUT2D eigenvalue weighted by atomic mass is 19.4. The lowest BCUT2D eigenvalue weighted by molar-refractivity contribution is -0.141. The number of carbonyl (C=O) groups excluding carboxylic acids is 1. The number of aromatic nitrogens is 2. The predicted molar refractivity (Wildman–Crippen MR) is 69.2 cm³/mol. The van der Waals surface area contributed by atoms with E-state index in [4.69, 9.17) is 4.74 Å². The van der Waals surface area contributed by atoms with Gasteiger partial charge in [-0.3, -0.25) is 9.48 Å². The minimum atomic E-state index is -4.51. The van der Waals surface area contributed by atoms with E-state index >= 15 is 0 Å². The molecule has 2 aromatic rings. The van der Waals surface area contributed by atoms with E-state index in [1.165, 1.54) is 0 Å². The first-order valence-electron chi connectivity index (χ1n) is 6.27. The van der Waals surface area contributed by atoms with Crippen molar-refractivity contribution in [1.29, 1.82) is 0 Å². The molecule has 1 heterocycles. The van der Waals surface area contributed by atoms with Crippen molar-refractivity contribution in [3.05, 3.63) is 47.8 Å². The molecule has 0 aliphatic rings. The summed E-state index contributed by atoms with van der Waals surface area (Å²) >= 11 is 0. The number of halogens is 3. The summed E-state index contributed by atoms with van der Waals surface area (Å²) in [6.07, 6.45) is -3.37. The highest BCUT2D eigenvalue weighted by molar-refractivity contribution is 5.95. The number of nitrogens with zero attached hydrogens (tertiary/aromatic N) is 2. The van der Waals surface area contributed by atoms with Gasteiger partial charge < -0.3 is 4.74 Å². The summed E-state index contributed by atoms with van der Waals surface area (Å²) in [6.45, 7) is 2.11. The van der Waals surface area contributed by atoms with Gasteiger partial charge in [0.05, 0.1) is 6.61 Å². The molecule has 1 aromatic carbocycles. The largest absolute Gasteiger partial charge is 0.494 e. The Morgan fingerprint density at radius 2 is 1.90 bits per heavy atom. The Morgan fingerprint density at radius 1 is 1.24 bits per heavy atom. The van der Waals surface area contributed by atoms with Crippen LogP contribution in [0, 0.1) is 0 Å². The summed E-state index contributed by atoms with van der Waals surface area (Å²) in [6, 6.07) is 7.26. The molecule has 2 rings (SSSR count). The molecule has 0 fully saturated rings. The molecule has 0 saturated carbocycles. The molecule has 0 atom stereocenters. The van der Waals surface area contributed by atoms with E-state index in [2.05, 4.69) is 5.10 Å². The second-order valence-electron chi connectivity index (χ2n) is 4.28. The van der Waals surface area contributed by atoms with Crippen LogP contribution in [0.15, 0.2) is 36.5 Å². The SMILES string of the molecule is CCOc1ccc(C(=O)Cn2ccc(C(F)(F)F)n2)cc1. The number of hydrogen-bond acceptors (Lipinski definition) is 3. The summed E-state index contributed by atoms with van der Waals surface area (Å²) in [5, 5.41) is 3.34. The molecule has 0 saturated heterocycles. The third-order valence-corrected chi connectivity index (χ3v) is 2.72. The molecular weight excluding hydrogens is 285 g/mol. The third kappa shape index (κ3) is 3.84. The summed E-state index contributed by atoms with van der Waals surface area (Å²) in [5.41, 5.74) is -0.621. The summed E-state index contributed by atoms with van der Waals surface area (Å²) < 4.78 is 43.4. The van der Waals surface area contributed by atoms with Crippen LogP contribution < -0.4 is 4.74 Å².